The Morgan fingerprint density at radius 2 is 1.31 bits per heavy atom. The van der Waals surface area contributed by atoms with Crippen molar-refractivity contribution in [2.45, 2.75) is 13.5 Å². The van der Waals surface area contributed by atoms with Crippen LogP contribution in [-0.2, 0) is 11.3 Å². The Bertz CT molecular complexity index is 1210. The van der Waals surface area contributed by atoms with Gasteiger partial charge in [0.25, 0.3) is 0 Å². The molecule has 4 aromatic carbocycles. The van der Waals surface area contributed by atoms with E-state index in [0.29, 0.717) is 11.3 Å². The van der Waals surface area contributed by atoms with E-state index in [4.69, 9.17) is 4.74 Å². The van der Waals surface area contributed by atoms with Crippen LogP contribution in [0.2, 0.25) is 0 Å². The highest BCUT2D eigenvalue weighted by Crippen LogP contribution is 2.23. The summed E-state index contributed by atoms with van der Waals surface area (Å²) in [6, 6.07) is 35.1. The molecule has 0 radical (unpaired) electrons. The third-order valence-electron chi connectivity index (χ3n) is 5.03. The van der Waals surface area contributed by atoms with Crippen LogP contribution in [0.1, 0.15) is 32.6 Å². The highest BCUT2D eigenvalue weighted by atomic mass is 16.5. The van der Waals surface area contributed by atoms with Gasteiger partial charge in [-0.15, -0.1) is 0 Å². The second kappa shape index (κ2) is 10.2. The van der Waals surface area contributed by atoms with Crippen molar-refractivity contribution < 1.29 is 9.53 Å². The minimum atomic E-state index is -0.410. The summed E-state index contributed by atoms with van der Waals surface area (Å²) in [5.41, 5.74) is 5.90. The van der Waals surface area contributed by atoms with Crippen LogP contribution in [0.4, 0.5) is 5.69 Å². The number of rotatable bonds is 6. The van der Waals surface area contributed by atoms with E-state index in [-0.39, 0.29) is 6.61 Å². The summed E-state index contributed by atoms with van der Waals surface area (Å²) in [7, 11) is 0. The molecule has 0 aliphatic heterocycles. The predicted molar refractivity (Wildman–Crippen MR) is 129 cm³/mol. The molecule has 156 valence electrons. The minimum absolute atomic E-state index is 0.215. The molecule has 0 aromatic heterocycles. The van der Waals surface area contributed by atoms with Gasteiger partial charge in [-0.1, -0.05) is 103 Å². The Balaban J connectivity index is 1.65. The number of benzene rings is 4. The zero-order valence-corrected chi connectivity index (χ0v) is 17.9. The summed E-state index contributed by atoms with van der Waals surface area (Å²) >= 11 is 0. The number of nitrogens with zero attached hydrogens (tertiary/aromatic N) is 1. The molecule has 3 nitrogen and oxygen atoms in total. The molecule has 0 spiro atoms. The van der Waals surface area contributed by atoms with Crippen LogP contribution >= 0.6 is 0 Å². The number of aliphatic imine (C=N–C) groups is 1. The second-order valence-corrected chi connectivity index (χ2v) is 7.41. The van der Waals surface area contributed by atoms with Gasteiger partial charge in [0.2, 0.25) is 0 Å². The molecule has 0 N–H and O–H groups in total. The second-order valence-electron chi connectivity index (χ2n) is 7.41. The third-order valence-corrected chi connectivity index (χ3v) is 5.03. The predicted octanol–water partition coefficient (Wildman–Crippen LogP) is 6.79. The monoisotopic (exact) mass is 417 g/mol. The van der Waals surface area contributed by atoms with Crippen LogP contribution in [0.15, 0.2) is 114 Å². The van der Waals surface area contributed by atoms with Crippen LogP contribution in [0.25, 0.3) is 5.57 Å². The van der Waals surface area contributed by atoms with Crippen molar-refractivity contribution in [3.63, 3.8) is 0 Å². The lowest BCUT2D eigenvalue weighted by Gasteiger charge is -2.07. The summed E-state index contributed by atoms with van der Waals surface area (Å²) in [6.07, 6.45) is 0. The largest absolute Gasteiger partial charge is 0.457 e. The zero-order chi connectivity index (χ0) is 22.2. The van der Waals surface area contributed by atoms with Crippen LogP contribution in [0.3, 0.4) is 0 Å². The number of ether oxygens (including phenoxy) is 1. The van der Waals surface area contributed by atoms with Crippen molar-refractivity contribution in [2.24, 2.45) is 4.99 Å². The van der Waals surface area contributed by atoms with E-state index in [9.17, 15) is 4.79 Å². The fourth-order valence-electron chi connectivity index (χ4n) is 3.28. The molecule has 0 fully saturated rings. The number of hydrogen-bond donors (Lipinski definition) is 0. The lowest BCUT2D eigenvalue weighted by Crippen LogP contribution is -2.05. The van der Waals surface area contributed by atoms with Crippen molar-refractivity contribution in [2.75, 3.05) is 0 Å². The van der Waals surface area contributed by atoms with Crippen LogP contribution in [0, 0.1) is 6.92 Å². The molecule has 0 bridgehead atoms. The lowest BCUT2D eigenvalue weighted by atomic mass is 9.99. The first-order valence-electron chi connectivity index (χ1n) is 10.5. The average molecular weight is 418 g/mol. The molecule has 0 unspecified atom stereocenters. The zero-order valence-electron chi connectivity index (χ0n) is 17.9. The van der Waals surface area contributed by atoms with Crippen molar-refractivity contribution in [3.05, 3.63) is 137 Å². The molecule has 0 aliphatic carbocycles. The number of esters is 1. The molecular formula is C29H23NO2. The maximum atomic E-state index is 12.8. The molecule has 0 heterocycles. The van der Waals surface area contributed by atoms with Crippen molar-refractivity contribution in [3.8, 4) is 0 Å². The fraction of sp³-hybridized carbons (Fsp3) is 0.0690. The van der Waals surface area contributed by atoms with Gasteiger partial charge < -0.3 is 4.74 Å². The molecule has 0 atom stereocenters. The Labute approximate surface area is 188 Å². The topological polar surface area (TPSA) is 38.7 Å². The smallest absolute Gasteiger partial charge is 0.340 e. The van der Waals surface area contributed by atoms with Crippen molar-refractivity contribution in [1.29, 1.82) is 0 Å². The standard InChI is InChI=1S/C29H23NO2/c1-22-16-18-23(19-17-22)21-32-29(31)26-14-8-9-15-28(26)30-20-27(24-10-4-2-5-11-24)25-12-6-3-7-13-25/h2-19H,21H2,1H3. The molecular weight excluding hydrogens is 394 g/mol. The van der Waals surface area contributed by atoms with Gasteiger partial charge in [0.1, 0.15) is 6.61 Å². The summed E-state index contributed by atoms with van der Waals surface area (Å²) in [6.45, 7) is 2.24. The Kier molecular flexibility index (Phi) is 6.72. The highest BCUT2D eigenvalue weighted by Gasteiger charge is 2.12. The van der Waals surface area contributed by atoms with E-state index in [1.54, 1.807) is 18.2 Å². The Morgan fingerprint density at radius 3 is 1.94 bits per heavy atom. The van der Waals surface area contributed by atoms with Gasteiger partial charge in [-0.3, -0.25) is 0 Å². The van der Waals surface area contributed by atoms with Crippen LogP contribution in [0.5, 0.6) is 0 Å². The maximum Gasteiger partial charge on any atom is 0.340 e. The molecule has 0 saturated heterocycles. The lowest BCUT2D eigenvalue weighted by molar-refractivity contribution is 0.0474. The maximum absolute atomic E-state index is 12.8. The normalized spacial score (nSPS) is 10.2. The molecule has 4 aromatic rings. The highest BCUT2D eigenvalue weighted by molar-refractivity contribution is 6.01. The van der Waals surface area contributed by atoms with E-state index in [2.05, 4.69) is 10.9 Å². The average Bonchev–Trinajstić information content (AvgIpc) is 2.85. The third kappa shape index (κ3) is 5.28. The van der Waals surface area contributed by atoms with Crippen LogP contribution in [-0.4, -0.2) is 11.8 Å². The number of carbonyl (C=O) groups excluding carboxylic acids is 1. The van der Waals surface area contributed by atoms with Gasteiger partial charge in [-0.05, 0) is 41.6 Å². The number of hydrogen-bond acceptors (Lipinski definition) is 3. The molecule has 0 aliphatic rings. The quantitative estimate of drug-likeness (QED) is 0.256. The van der Waals surface area contributed by atoms with Gasteiger partial charge >= 0.3 is 5.97 Å². The molecule has 4 rings (SSSR count). The SMILES string of the molecule is Cc1ccc(COC(=O)c2ccccc2N=C=C(c2ccccc2)c2ccccc2)cc1. The molecule has 32 heavy (non-hydrogen) atoms. The van der Waals surface area contributed by atoms with E-state index < -0.39 is 5.97 Å². The van der Waals surface area contributed by atoms with Crippen LogP contribution < -0.4 is 0 Å². The van der Waals surface area contributed by atoms with E-state index in [0.717, 1.165) is 22.3 Å². The number of para-hydroxylation sites is 1. The number of aryl methyl sites for hydroxylation is 1. The molecule has 3 heteroatoms. The summed E-state index contributed by atoms with van der Waals surface area (Å²) in [5.74, 6) is 2.77. The summed E-state index contributed by atoms with van der Waals surface area (Å²) < 4.78 is 5.54. The van der Waals surface area contributed by atoms with Gasteiger partial charge in [-0.25, -0.2) is 9.79 Å². The van der Waals surface area contributed by atoms with E-state index in [1.165, 1.54) is 5.56 Å². The minimum Gasteiger partial charge on any atom is -0.457 e. The van der Waals surface area contributed by atoms with E-state index >= 15 is 0 Å². The van der Waals surface area contributed by atoms with Gasteiger partial charge in [-0.2, -0.15) is 0 Å². The first-order valence-corrected chi connectivity index (χ1v) is 10.5. The Hall–Kier alpha value is -4.20. The van der Waals surface area contributed by atoms with Gasteiger partial charge in [0.15, 0.2) is 0 Å². The summed E-state index contributed by atoms with van der Waals surface area (Å²) in [4.78, 5) is 17.3. The molecule has 0 amide bonds. The molecule has 0 saturated carbocycles. The first kappa shape index (κ1) is 21.0. The van der Waals surface area contributed by atoms with Gasteiger partial charge in [0, 0.05) is 0 Å². The Morgan fingerprint density at radius 1 is 0.750 bits per heavy atom. The summed E-state index contributed by atoms with van der Waals surface area (Å²) in [5, 5.41) is 0. The van der Waals surface area contributed by atoms with Crippen molar-refractivity contribution in [1.82, 2.24) is 0 Å². The van der Waals surface area contributed by atoms with E-state index in [1.807, 2.05) is 97.9 Å². The van der Waals surface area contributed by atoms with Gasteiger partial charge in [0.05, 0.1) is 16.8 Å². The first-order chi connectivity index (χ1) is 15.7. The fourth-order valence-corrected chi connectivity index (χ4v) is 3.28. The number of carbonyl (C=O) groups is 1. The van der Waals surface area contributed by atoms with Crippen molar-refractivity contribution >= 4 is 23.1 Å².